The van der Waals surface area contributed by atoms with Crippen LogP contribution in [-0.2, 0) is 18.4 Å². The summed E-state index contributed by atoms with van der Waals surface area (Å²) >= 11 is 1.88. The van der Waals surface area contributed by atoms with Crippen LogP contribution in [-0.4, -0.2) is 4.98 Å². The van der Waals surface area contributed by atoms with E-state index in [1.807, 2.05) is 11.3 Å². The maximum absolute atomic E-state index is 6.47. The summed E-state index contributed by atoms with van der Waals surface area (Å²) in [4.78, 5) is 6.36. The minimum absolute atomic E-state index is 0.199. The van der Waals surface area contributed by atoms with Crippen molar-refractivity contribution in [3.05, 3.63) is 15.6 Å². The van der Waals surface area contributed by atoms with Crippen molar-refractivity contribution >= 4 is 11.3 Å². The molecule has 0 saturated carbocycles. The molecule has 0 spiro atoms. The molecule has 2 nitrogen and oxygen atoms in total. The predicted molar refractivity (Wildman–Crippen MR) is 78.9 cm³/mol. The number of fused-ring (bicyclic) bond motifs is 1. The van der Waals surface area contributed by atoms with Crippen LogP contribution in [0.5, 0.6) is 0 Å². The van der Waals surface area contributed by atoms with Gasteiger partial charge in [-0.2, -0.15) is 0 Å². The molecular formula is C15H26N2S. The number of hydrogen-bond donors (Lipinski definition) is 1. The molecule has 1 aromatic rings. The lowest BCUT2D eigenvalue weighted by molar-refractivity contribution is 0.343. The number of nitrogens with zero attached hydrogens (tertiary/aromatic N) is 1. The molecule has 1 aromatic heterocycles. The molecule has 1 unspecified atom stereocenters. The Balaban J connectivity index is 2.25. The largest absolute Gasteiger partial charge is 0.319 e. The molecule has 18 heavy (non-hydrogen) atoms. The molecule has 3 heteroatoms. The molecule has 0 amide bonds. The maximum Gasteiger partial charge on any atom is 0.113 e. The molecule has 1 aliphatic carbocycles. The number of hydrogen-bond acceptors (Lipinski definition) is 3. The van der Waals surface area contributed by atoms with E-state index in [9.17, 15) is 0 Å². The normalized spacial score (nSPS) is 20.2. The first-order chi connectivity index (χ1) is 8.50. The molecule has 0 aromatic carbocycles. The third kappa shape index (κ3) is 2.48. The highest BCUT2D eigenvalue weighted by Crippen LogP contribution is 2.37. The van der Waals surface area contributed by atoms with Crippen LogP contribution in [0.1, 0.15) is 62.5 Å². The number of nitrogens with two attached hydrogens (primary N) is 1. The second-order valence-corrected chi connectivity index (χ2v) is 7.08. The van der Waals surface area contributed by atoms with Gasteiger partial charge in [-0.1, -0.05) is 27.7 Å². The summed E-state index contributed by atoms with van der Waals surface area (Å²) in [5, 5.41) is 1.17. The zero-order valence-corrected chi connectivity index (χ0v) is 12.9. The molecule has 1 aliphatic rings. The average molecular weight is 266 g/mol. The van der Waals surface area contributed by atoms with Gasteiger partial charge in [-0.25, -0.2) is 4.98 Å². The van der Waals surface area contributed by atoms with Gasteiger partial charge < -0.3 is 5.73 Å². The summed E-state index contributed by atoms with van der Waals surface area (Å²) in [6.45, 7) is 9.01. The van der Waals surface area contributed by atoms with Gasteiger partial charge in [0.15, 0.2) is 0 Å². The van der Waals surface area contributed by atoms with Gasteiger partial charge in [0.25, 0.3) is 0 Å². The fraction of sp³-hybridized carbons (Fsp3) is 0.800. The van der Waals surface area contributed by atoms with Crippen LogP contribution in [0.2, 0.25) is 0 Å². The van der Waals surface area contributed by atoms with Crippen LogP contribution in [0.15, 0.2) is 0 Å². The van der Waals surface area contributed by atoms with E-state index in [1.54, 1.807) is 0 Å². The van der Waals surface area contributed by atoms with Crippen LogP contribution >= 0.6 is 11.3 Å². The van der Waals surface area contributed by atoms with Gasteiger partial charge in [0, 0.05) is 4.88 Å². The van der Waals surface area contributed by atoms with Crippen molar-refractivity contribution in [2.75, 3.05) is 0 Å². The molecule has 1 heterocycles. The molecule has 0 radical (unpaired) electrons. The van der Waals surface area contributed by atoms with E-state index in [1.165, 1.54) is 28.4 Å². The topological polar surface area (TPSA) is 38.9 Å². The minimum atomic E-state index is -0.199. The molecule has 1 atom stereocenters. The first-order valence-electron chi connectivity index (χ1n) is 7.28. The standard InChI is InChI=1S/C15H26N2S/c1-5-15(16,6-2)14-17-12-8-7-11(10(3)4)9-13(12)18-14/h10-11H,5-9,16H2,1-4H3. The summed E-state index contributed by atoms with van der Waals surface area (Å²) in [5.41, 5.74) is 7.61. The van der Waals surface area contributed by atoms with Gasteiger partial charge in [-0.05, 0) is 43.9 Å². The summed E-state index contributed by atoms with van der Waals surface area (Å²) in [5.74, 6) is 1.62. The molecule has 102 valence electrons. The van der Waals surface area contributed by atoms with E-state index in [4.69, 9.17) is 10.7 Å². The van der Waals surface area contributed by atoms with Crippen molar-refractivity contribution < 1.29 is 0 Å². The average Bonchev–Trinajstić information content (AvgIpc) is 2.80. The quantitative estimate of drug-likeness (QED) is 0.898. The van der Waals surface area contributed by atoms with Crippen molar-refractivity contribution in [1.29, 1.82) is 0 Å². The number of thiazole rings is 1. The second-order valence-electron chi connectivity index (χ2n) is 6.00. The Morgan fingerprint density at radius 2 is 2.06 bits per heavy atom. The molecule has 2 rings (SSSR count). The molecule has 0 fully saturated rings. The van der Waals surface area contributed by atoms with Gasteiger partial charge in [0.1, 0.15) is 5.01 Å². The monoisotopic (exact) mass is 266 g/mol. The molecule has 0 saturated heterocycles. The van der Waals surface area contributed by atoms with E-state index in [0.29, 0.717) is 0 Å². The second kappa shape index (κ2) is 5.30. The van der Waals surface area contributed by atoms with Gasteiger partial charge in [-0.3, -0.25) is 0 Å². The Labute approximate surface area is 115 Å². The van der Waals surface area contributed by atoms with Crippen molar-refractivity contribution in [2.45, 2.75) is 65.3 Å². The number of aromatic nitrogens is 1. The first-order valence-corrected chi connectivity index (χ1v) is 8.09. The third-order valence-corrected chi connectivity index (χ3v) is 5.95. The maximum atomic E-state index is 6.47. The summed E-state index contributed by atoms with van der Waals surface area (Å²) in [7, 11) is 0. The third-order valence-electron chi connectivity index (χ3n) is 4.61. The van der Waals surface area contributed by atoms with E-state index in [2.05, 4.69) is 27.7 Å². The van der Waals surface area contributed by atoms with Gasteiger partial charge >= 0.3 is 0 Å². The van der Waals surface area contributed by atoms with Gasteiger partial charge in [-0.15, -0.1) is 11.3 Å². The fourth-order valence-electron chi connectivity index (χ4n) is 2.73. The summed E-state index contributed by atoms with van der Waals surface area (Å²) in [6.07, 6.45) is 5.61. The molecule has 0 aliphatic heterocycles. The number of rotatable bonds is 4. The first kappa shape index (κ1) is 14.0. The lowest BCUT2D eigenvalue weighted by Crippen LogP contribution is -2.34. The zero-order chi connectivity index (χ0) is 13.3. The lowest BCUT2D eigenvalue weighted by Gasteiger charge is -2.24. The van der Waals surface area contributed by atoms with E-state index in [0.717, 1.165) is 31.1 Å². The molecular weight excluding hydrogens is 240 g/mol. The van der Waals surface area contributed by atoms with E-state index >= 15 is 0 Å². The van der Waals surface area contributed by atoms with Crippen molar-refractivity contribution in [2.24, 2.45) is 17.6 Å². The highest BCUT2D eigenvalue weighted by molar-refractivity contribution is 7.11. The van der Waals surface area contributed by atoms with Crippen LogP contribution in [0.3, 0.4) is 0 Å². The van der Waals surface area contributed by atoms with Crippen LogP contribution in [0.4, 0.5) is 0 Å². The minimum Gasteiger partial charge on any atom is -0.319 e. The van der Waals surface area contributed by atoms with Crippen LogP contribution < -0.4 is 5.73 Å². The smallest absolute Gasteiger partial charge is 0.113 e. The Morgan fingerprint density at radius 3 is 2.61 bits per heavy atom. The fourth-order valence-corrected chi connectivity index (χ4v) is 4.18. The van der Waals surface area contributed by atoms with Crippen LogP contribution in [0.25, 0.3) is 0 Å². The Morgan fingerprint density at radius 1 is 1.39 bits per heavy atom. The highest BCUT2D eigenvalue weighted by atomic mass is 32.1. The number of aryl methyl sites for hydroxylation is 1. The van der Waals surface area contributed by atoms with E-state index < -0.39 is 0 Å². The Kier molecular flexibility index (Phi) is 4.12. The summed E-state index contributed by atoms with van der Waals surface area (Å²) in [6, 6.07) is 0. The van der Waals surface area contributed by atoms with Crippen molar-refractivity contribution in [1.82, 2.24) is 4.98 Å². The Hall–Kier alpha value is -0.410. The van der Waals surface area contributed by atoms with Crippen molar-refractivity contribution in [3.8, 4) is 0 Å². The van der Waals surface area contributed by atoms with Gasteiger partial charge in [0.2, 0.25) is 0 Å². The van der Waals surface area contributed by atoms with E-state index in [-0.39, 0.29) is 5.54 Å². The summed E-state index contributed by atoms with van der Waals surface area (Å²) < 4.78 is 0. The predicted octanol–water partition coefficient (Wildman–Crippen LogP) is 3.88. The van der Waals surface area contributed by atoms with Crippen LogP contribution in [0, 0.1) is 11.8 Å². The van der Waals surface area contributed by atoms with Gasteiger partial charge in [0.05, 0.1) is 11.2 Å². The lowest BCUT2D eigenvalue weighted by atomic mass is 9.83. The molecule has 0 bridgehead atoms. The Bertz CT molecular complexity index is 405. The SMILES string of the molecule is CCC(N)(CC)c1nc2c(s1)CC(C(C)C)CC2. The highest BCUT2D eigenvalue weighted by Gasteiger charge is 2.31. The molecule has 2 N–H and O–H groups in total. The zero-order valence-electron chi connectivity index (χ0n) is 12.1. The van der Waals surface area contributed by atoms with Crippen molar-refractivity contribution in [3.63, 3.8) is 0 Å².